The zero-order valence-corrected chi connectivity index (χ0v) is 63.1. The molecule has 2 unspecified atom stereocenters. The second-order valence-electron chi connectivity index (χ2n) is 29.9. The van der Waals surface area contributed by atoms with Gasteiger partial charge in [0.2, 0.25) is 11.8 Å². The molecule has 4 aromatic heterocycles. The number of anilines is 2. The van der Waals surface area contributed by atoms with Gasteiger partial charge in [-0.05, 0) is 178 Å². The second kappa shape index (κ2) is 37.6. The Morgan fingerprint density at radius 3 is 1.15 bits per heavy atom. The van der Waals surface area contributed by atoms with Crippen molar-refractivity contribution in [3.63, 3.8) is 0 Å². The van der Waals surface area contributed by atoms with Crippen LogP contribution in [0.1, 0.15) is 192 Å². The Bertz CT molecular complexity index is 4380. The molecule has 4 amide bonds. The molecule has 2 atom stereocenters. The summed E-state index contributed by atoms with van der Waals surface area (Å²) in [6.45, 7) is 9.33. The Balaban J connectivity index is 0.000000215. The van der Waals surface area contributed by atoms with Gasteiger partial charge in [-0.25, -0.2) is 39.9 Å². The topological polar surface area (TPSA) is 284 Å². The number of esters is 1. The van der Waals surface area contributed by atoms with Crippen molar-refractivity contribution in [2.75, 3.05) is 37.9 Å². The average Bonchev–Trinajstić information content (AvgIpc) is 0.828. The third kappa shape index (κ3) is 22.4. The molecule has 0 spiro atoms. The number of benzene rings is 4. The lowest BCUT2D eigenvalue weighted by Crippen LogP contribution is -2.38. The van der Waals surface area contributed by atoms with Gasteiger partial charge in [-0.15, -0.1) is 0 Å². The molecule has 2 saturated carbocycles. The van der Waals surface area contributed by atoms with Gasteiger partial charge in [0.25, 0.3) is 11.8 Å². The molecule has 4 heterocycles. The maximum Gasteiger partial charge on any atom is 0.326 e. The molecule has 3 N–H and O–H groups in total. The van der Waals surface area contributed by atoms with E-state index in [1.54, 1.807) is 71.4 Å². The van der Waals surface area contributed by atoms with E-state index in [-0.39, 0.29) is 67.3 Å². The Kier molecular flexibility index (Phi) is 27.2. The number of nitrogens with one attached hydrogen (secondary N) is 2. The zero-order chi connectivity index (χ0) is 76.1. The first-order valence-electron chi connectivity index (χ1n) is 38.0. The highest BCUT2D eigenvalue weighted by Crippen LogP contribution is 2.44. The van der Waals surface area contributed by atoms with Gasteiger partial charge >= 0.3 is 11.9 Å². The molecule has 0 radical (unpaired) electrons. The molecule has 564 valence electrons. The molecule has 108 heavy (non-hydrogen) atoms. The SMILES string of the molecule is CCC1CCC(C2CC=C(c3cnc(-c4ccc(CN(CC(=O)O)C(=O)c5cnc(NC(=O)Cc6ccc(OC)cc6)cn5)cc4)nc3)CC2)CC1.CCC1CCC(C2CC=C(c3cnc(-c4ccc(CN(CC(=O)OC(C)(C)C)C(=O)c5cnc(NC(=O)Cc6ccc(OC)cc6)cn5)cc4)nc3)CC2)CC1. The Hall–Kier alpha value is -10.9. The summed E-state index contributed by atoms with van der Waals surface area (Å²) in [7, 11) is 3.15. The minimum absolute atomic E-state index is 0.0227. The summed E-state index contributed by atoms with van der Waals surface area (Å²) in [5.41, 5.74) is 8.88. The number of methoxy groups -OCH3 is 2. The lowest BCUT2D eigenvalue weighted by molar-refractivity contribution is -0.155. The van der Waals surface area contributed by atoms with Crippen molar-refractivity contribution >= 4 is 58.3 Å². The fourth-order valence-corrected chi connectivity index (χ4v) is 15.1. The maximum absolute atomic E-state index is 13.7. The molecular formula is C86H100N12O10. The highest BCUT2D eigenvalue weighted by atomic mass is 16.6. The first-order chi connectivity index (χ1) is 52.2. The second-order valence-corrected chi connectivity index (χ2v) is 29.9. The number of carbonyl (C=O) groups excluding carboxylic acids is 5. The first kappa shape index (κ1) is 78.2. The number of hydrogen-bond acceptors (Lipinski definition) is 17. The molecule has 2 fully saturated rings. The van der Waals surface area contributed by atoms with Crippen LogP contribution in [0.4, 0.5) is 11.6 Å². The summed E-state index contributed by atoms with van der Waals surface area (Å²) < 4.78 is 15.9. The molecule has 22 heteroatoms. The van der Waals surface area contributed by atoms with Crippen LogP contribution in [0.5, 0.6) is 11.5 Å². The Labute approximate surface area is 633 Å². The molecular weight excluding hydrogens is 1360 g/mol. The number of carboxylic acids is 1. The number of rotatable bonds is 26. The van der Waals surface area contributed by atoms with Gasteiger partial charge in [0.1, 0.15) is 41.6 Å². The van der Waals surface area contributed by atoms with E-state index >= 15 is 0 Å². The predicted molar refractivity (Wildman–Crippen MR) is 415 cm³/mol. The lowest BCUT2D eigenvalue weighted by Gasteiger charge is -2.35. The van der Waals surface area contributed by atoms with E-state index in [1.165, 1.54) is 123 Å². The van der Waals surface area contributed by atoms with Crippen molar-refractivity contribution < 1.29 is 48.1 Å². The van der Waals surface area contributed by atoms with Crippen LogP contribution >= 0.6 is 0 Å². The number of carbonyl (C=O) groups is 6. The molecule has 4 aliphatic carbocycles. The van der Waals surface area contributed by atoms with Crippen LogP contribution in [0, 0.1) is 35.5 Å². The number of nitrogens with zero attached hydrogens (tertiary/aromatic N) is 10. The summed E-state index contributed by atoms with van der Waals surface area (Å²) >= 11 is 0. The predicted octanol–water partition coefficient (Wildman–Crippen LogP) is 15.8. The average molecular weight is 1460 g/mol. The van der Waals surface area contributed by atoms with E-state index in [0.29, 0.717) is 23.1 Å². The third-order valence-corrected chi connectivity index (χ3v) is 21.4. The molecule has 8 aromatic rings. The molecule has 0 bridgehead atoms. The highest BCUT2D eigenvalue weighted by molar-refractivity contribution is 5.96. The standard InChI is InChI=1S/C45H54N6O5.C41H46N6O5/c1-6-30-7-13-33(14-8-30)34-17-19-35(20-18-34)37-24-48-43(49-25-37)36-15-9-32(10-16-36)28-51(29-42(53)56-45(2,3)4)44(54)39-26-47-40(27-46-39)50-41(52)23-31-11-21-38(55-5)22-12-31;1-3-27-4-10-30(11-5-27)31-14-16-32(17-15-31)34-21-44-40(45-22-34)33-12-6-29(7-13-33)25-47(26-39(49)50)41(51)36-23-43-37(24-42-36)46-38(48)20-28-8-18-35(52-2)19-9-28/h9-12,15-16,19,21-22,24-27,30,33-34H,6-8,13-14,17-18,20,23,28-29H2,1-5H3,(H,47,50,52);6-9,12-13,16,18-19,21-24,27,30-31H,3-5,10-11,14-15,17,20,25-26H2,1-2H3,(H,49,50)(H,43,46,48). The quantitative estimate of drug-likeness (QED) is 0.0425. The van der Waals surface area contributed by atoms with E-state index in [9.17, 15) is 33.9 Å². The Morgan fingerprint density at radius 1 is 0.444 bits per heavy atom. The monoisotopic (exact) mass is 1460 g/mol. The van der Waals surface area contributed by atoms with Crippen molar-refractivity contribution in [3.05, 3.63) is 204 Å². The van der Waals surface area contributed by atoms with Crippen molar-refractivity contribution in [1.82, 2.24) is 49.7 Å². The van der Waals surface area contributed by atoms with Crippen LogP contribution in [0.15, 0.2) is 159 Å². The number of aliphatic carboxylic acids is 1. The number of carboxylic acid groups (broad SMARTS) is 1. The lowest BCUT2D eigenvalue weighted by atomic mass is 9.71. The maximum atomic E-state index is 13.7. The number of hydrogen-bond donors (Lipinski definition) is 3. The van der Waals surface area contributed by atoms with Gasteiger partial charge in [-0.1, -0.05) is 137 Å². The van der Waals surface area contributed by atoms with Crippen molar-refractivity contribution in [2.24, 2.45) is 35.5 Å². The van der Waals surface area contributed by atoms with Gasteiger partial charge in [0, 0.05) is 60.1 Å². The number of amides is 4. The summed E-state index contributed by atoms with van der Waals surface area (Å²) in [5.74, 6) is 4.81. The molecule has 22 nitrogen and oxygen atoms in total. The van der Waals surface area contributed by atoms with E-state index in [1.807, 2.05) is 85.5 Å². The van der Waals surface area contributed by atoms with Gasteiger partial charge in [0.15, 0.2) is 23.3 Å². The smallest absolute Gasteiger partial charge is 0.326 e. The number of allylic oxidation sites excluding steroid dienone is 4. The molecule has 4 aromatic carbocycles. The summed E-state index contributed by atoms with van der Waals surface area (Å²) in [6.07, 6.45) is 38.5. The first-order valence-corrected chi connectivity index (χ1v) is 38.0. The Morgan fingerprint density at radius 2 is 0.824 bits per heavy atom. The molecule has 0 saturated heterocycles. The summed E-state index contributed by atoms with van der Waals surface area (Å²) in [4.78, 5) is 115. The van der Waals surface area contributed by atoms with Crippen molar-refractivity contribution in [2.45, 2.75) is 169 Å². The highest BCUT2D eigenvalue weighted by Gasteiger charge is 2.32. The summed E-state index contributed by atoms with van der Waals surface area (Å²) in [5, 5.41) is 14.9. The molecule has 4 aliphatic rings. The zero-order valence-electron chi connectivity index (χ0n) is 63.1. The fraction of sp³-hybridized carbons (Fsp3) is 0.419. The molecule has 0 aliphatic heterocycles. The van der Waals surface area contributed by atoms with Crippen molar-refractivity contribution in [3.8, 4) is 34.3 Å². The van der Waals surface area contributed by atoms with Gasteiger partial charge in [-0.2, -0.15) is 0 Å². The normalized spacial score (nSPS) is 18.5. The van der Waals surface area contributed by atoms with Gasteiger partial charge < -0.3 is 39.8 Å². The van der Waals surface area contributed by atoms with E-state index in [2.05, 4.69) is 66.5 Å². The van der Waals surface area contributed by atoms with E-state index in [0.717, 1.165) is 106 Å². The van der Waals surface area contributed by atoms with Crippen LogP contribution in [0.3, 0.4) is 0 Å². The fourth-order valence-electron chi connectivity index (χ4n) is 15.1. The minimum atomic E-state index is -1.16. The number of aromatic nitrogens is 8. The van der Waals surface area contributed by atoms with Crippen LogP contribution < -0.4 is 20.1 Å². The summed E-state index contributed by atoms with van der Waals surface area (Å²) in [6, 6.07) is 29.4. The van der Waals surface area contributed by atoms with Crippen LogP contribution in [0.2, 0.25) is 0 Å². The van der Waals surface area contributed by atoms with Gasteiger partial charge in [-0.3, -0.25) is 28.8 Å². The van der Waals surface area contributed by atoms with Crippen LogP contribution in [-0.4, -0.2) is 123 Å². The van der Waals surface area contributed by atoms with Crippen LogP contribution in [0.25, 0.3) is 33.9 Å². The van der Waals surface area contributed by atoms with E-state index in [4.69, 9.17) is 24.2 Å². The van der Waals surface area contributed by atoms with Crippen LogP contribution in [-0.2, 0) is 49.8 Å². The van der Waals surface area contributed by atoms with Crippen molar-refractivity contribution in [1.29, 1.82) is 0 Å². The largest absolute Gasteiger partial charge is 0.497 e. The number of ether oxygens (including phenoxy) is 3. The molecule has 12 rings (SSSR count). The van der Waals surface area contributed by atoms with Gasteiger partial charge in [0.05, 0.1) is 51.8 Å². The van der Waals surface area contributed by atoms with E-state index < -0.39 is 35.9 Å². The minimum Gasteiger partial charge on any atom is -0.497 e. The third-order valence-electron chi connectivity index (χ3n) is 21.4.